The fourth-order valence-corrected chi connectivity index (χ4v) is 2.63. The first-order valence-corrected chi connectivity index (χ1v) is 7.57. The van der Waals surface area contributed by atoms with Crippen molar-refractivity contribution in [2.45, 2.75) is 57.5 Å². The van der Waals surface area contributed by atoms with Crippen molar-refractivity contribution in [1.82, 2.24) is 15.3 Å². The van der Waals surface area contributed by atoms with E-state index < -0.39 is 0 Å². The summed E-state index contributed by atoms with van der Waals surface area (Å²) >= 11 is 0. The van der Waals surface area contributed by atoms with Crippen LogP contribution in [0.5, 0.6) is 5.88 Å². The zero-order valence-electron chi connectivity index (χ0n) is 11.5. The van der Waals surface area contributed by atoms with Crippen LogP contribution in [0, 0.1) is 5.92 Å². The van der Waals surface area contributed by atoms with Gasteiger partial charge < -0.3 is 10.1 Å². The van der Waals surface area contributed by atoms with Gasteiger partial charge in [0.05, 0.1) is 18.5 Å². The molecule has 0 bridgehead atoms. The van der Waals surface area contributed by atoms with Gasteiger partial charge in [-0.2, -0.15) is 0 Å². The Labute approximate surface area is 115 Å². The smallest absolute Gasteiger partial charge is 0.232 e. The average molecular weight is 261 g/mol. The molecular weight excluding hydrogens is 238 g/mol. The Kier molecular flexibility index (Phi) is 4.28. The molecule has 0 aliphatic heterocycles. The summed E-state index contributed by atoms with van der Waals surface area (Å²) in [7, 11) is 0. The molecule has 0 aromatic carbocycles. The number of hydrogen-bond acceptors (Lipinski definition) is 4. The molecule has 0 saturated heterocycles. The molecule has 2 saturated carbocycles. The Morgan fingerprint density at radius 3 is 2.74 bits per heavy atom. The van der Waals surface area contributed by atoms with Crippen molar-refractivity contribution < 1.29 is 4.74 Å². The molecule has 19 heavy (non-hydrogen) atoms. The van der Waals surface area contributed by atoms with Gasteiger partial charge in [-0.1, -0.05) is 19.3 Å². The predicted molar refractivity (Wildman–Crippen MR) is 74.0 cm³/mol. The van der Waals surface area contributed by atoms with Gasteiger partial charge in [-0.25, -0.2) is 4.98 Å². The van der Waals surface area contributed by atoms with Crippen LogP contribution < -0.4 is 10.1 Å². The van der Waals surface area contributed by atoms with Gasteiger partial charge in [0.1, 0.15) is 0 Å². The van der Waals surface area contributed by atoms with E-state index in [9.17, 15) is 0 Å². The summed E-state index contributed by atoms with van der Waals surface area (Å²) in [6, 6.07) is 0.702. The second kappa shape index (κ2) is 6.33. The zero-order valence-corrected chi connectivity index (χ0v) is 11.5. The van der Waals surface area contributed by atoms with Crippen molar-refractivity contribution >= 4 is 0 Å². The van der Waals surface area contributed by atoms with Gasteiger partial charge in [-0.15, -0.1) is 0 Å². The standard InChI is InChI=1S/C15H23N3O/c1-2-4-12(5-3-1)11-19-15-10-16-8-14(18-15)9-17-13-6-7-13/h8,10,12-13,17H,1-7,9,11H2. The van der Waals surface area contributed by atoms with Gasteiger partial charge >= 0.3 is 0 Å². The number of nitrogens with one attached hydrogen (secondary N) is 1. The first kappa shape index (κ1) is 12.9. The molecule has 0 radical (unpaired) electrons. The van der Waals surface area contributed by atoms with Crippen LogP contribution >= 0.6 is 0 Å². The van der Waals surface area contributed by atoms with Crippen LogP contribution in [0.3, 0.4) is 0 Å². The van der Waals surface area contributed by atoms with E-state index in [1.54, 1.807) is 6.20 Å². The molecule has 0 unspecified atom stereocenters. The van der Waals surface area contributed by atoms with E-state index >= 15 is 0 Å². The Bertz CT molecular complexity index is 400. The number of rotatable bonds is 6. The van der Waals surface area contributed by atoms with Crippen molar-refractivity contribution in [3.05, 3.63) is 18.1 Å². The third-order valence-corrected chi connectivity index (χ3v) is 4.00. The monoisotopic (exact) mass is 261 g/mol. The van der Waals surface area contributed by atoms with Gasteiger partial charge in [0.2, 0.25) is 5.88 Å². The molecule has 4 heteroatoms. The van der Waals surface area contributed by atoms with Crippen LogP contribution in [0.1, 0.15) is 50.6 Å². The Balaban J connectivity index is 1.47. The summed E-state index contributed by atoms with van der Waals surface area (Å²) in [5.41, 5.74) is 0.980. The Morgan fingerprint density at radius 1 is 1.11 bits per heavy atom. The Morgan fingerprint density at radius 2 is 1.95 bits per heavy atom. The largest absolute Gasteiger partial charge is 0.476 e. The lowest BCUT2D eigenvalue weighted by atomic mass is 9.90. The Hall–Kier alpha value is -1.16. The summed E-state index contributed by atoms with van der Waals surface area (Å²) in [4.78, 5) is 8.73. The van der Waals surface area contributed by atoms with E-state index in [2.05, 4.69) is 15.3 Å². The highest BCUT2D eigenvalue weighted by atomic mass is 16.5. The lowest BCUT2D eigenvalue weighted by Crippen LogP contribution is -2.18. The van der Waals surface area contributed by atoms with Crippen LogP contribution in [-0.4, -0.2) is 22.6 Å². The van der Waals surface area contributed by atoms with Gasteiger partial charge in [0.15, 0.2) is 0 Å². The molecule has 1 aromatic heterocycles. The van der Waals surface area contributed by atoms with Crippen LogP contribution in [0.4, 0.5) is 0 Å². The highest BCUT2D eigenvalue weighted by Crippen LogP contribution is 2.24. The van der Waals surface area contributed by atoms with Crippen molar-refractivity contribution in [1.29, 1.82) is 0 Å². The summed E-state index contributed by atoms with van der Waals surface area (Å²) in [6.45, 7) is 1.60. The molecule has 1 aromatic rings. The van der Waals surface area contributed by atoms with E-state index in [0.717, 1.165) is 18.8 Å². The lowest BCUT2D eigenvalue weighted by molar-refractivity contribution is 0.202. The highest BCUT2D eigenvalue weighted by Gasteiger charge is 2.20. The third-order valence-electron chi connectivity index (χ3n) is 4.00. The summed E-state index contributed by atoms with van der Waals surface area (Å²) < 4.78 is 5.81. The van der Waals surface area contributed by atoms with Crippen molar-refractivity contribution in [3.8, 4) is 5.88 Å². The molecule has 0 amide bonds. The van der Waals surface area contributed by atoms with Crippen LogP contribution in [0.25, 0.3) is 0 Å². The maximum atomic E-state index is 5.81. The van der Waals surface area contributed by atoms with Crippen LogP contribution in [-0.2, 0) is 6.54 Å². The molecular formula is C15H23N3O. The first-order valence-electron chi connectivity index (χ1n) is 7.57. The molecule has 1 heterocycles. The van der Waals surface area contributed by atoms with Gasteiger partial charge in [-0.3, -0.25) is 4.98 Å². The topological polar surface area (TPSA) is 47.0 Å². The number of ether oxygens (including phenoxy) is 1. The van der Waals surface area contributed by atoms with Crippen molar-refractivity contribution in [2.24, 2.45) is 5.92 Å². The first-order chi connectivity index (χ1) is 9.40. The van der Waals surface area contributed by atoms with E-state index in [0.29, 0.717) is 17.8 Å². The molecule has 0 atom stereocenters. The summed E-state index contributed by atoms with van der Waals surface area (Å²) in [5, 5.41) is 3.45. The summed E-state index contributed by atoms with van der Waals surface area (Å²) in [6.07, 6.45) is 12.8. The highest BCUT2D eigenvalue weighted by molar-refractivity contribution is 5.08. The predicted octanol–water partition coefficient (Wildman–Crippen LogP) is 2.69. The SMILES string of the molecule is c1ncc(OCC2CCCCC2)nc1CNC1CC1. The van der Waals surface area contributed by atoms with Gasteiger partial charge in [0.25, 0.3) is 0 Å². The number of aromatic nitrogens is 2. The van der Waals surface area contributed by atoms with Crippen LogP contribution in [0.2, 0.25) is 0 Å². The molecule has 2 aliphatic rings. The molecule has 104 valence electrons. The fourth-order valence-electron chi connectivity index (χ4n) is 2.63. The second-order valence-corrected chi connectivity index (χ2v) is 5.82. The normalized spacial score (nSPS) is 20.4. The van der Waals surface area contributed by atoms with Crippen LogP contribution in [0.15, 0.2) is 12.4 Å². The number of hydrogen-bond donors (Lipinski definition) is 1. The average Bonchev–Trinajstić information content (AvgIpc) is 3.29. The van der Waals surface area contributed by atoms with E-state index in [-0.39, 0.29) is 0 Å². The van der Waals surface area contributed by atoms with Gasteiger partial charge in [-0.05, 0) is 31.6 Å². The van der Waals surface area contributed by atoms with E-state index in [1.165, 1.54) is 44.9 Å². The fraction of sp³-hybridized carbons (Fsp3) is 0.733. The molecule has 0 spiro atoms. The minimum atomic E-state index is 0.681. The molecule has 3 rings (SSSR count). The van der Waals surface area contributed by atoms with Crippen molar-refractivity contribution in [2.75, 3.05) is 6.61 Å². The molecule has 2 fully saturated rings. The van der Waals surface area contributed by atoms with Gasteiger partial charge in [0, 0.05) is 18.8 Å². The minimum absolute atomic E-state index is 0.681. The minimum Gasteiger partial charge on any atom is -0.476 e. The lowest BCUT2D eigenvalue weighted by Gasteiger charge is -2.21. The summed E-state index contributed by atoms with van der Waals surface area (Å²) in [5.74, 6) is 1.39. The van der Waals surface area contributed by atoms with E-state index in [4.69, 9.17) is 4.74 Å². The molecule has 4 nitrogen and oxygen atoms in total. The van der Waals surface area contributed by atoms with E-state index in [1.807, 2.05) is 6.20 Å². The van der Waals surface area contributed by atoms with Crippen molar-refractivity contribution in [3.63, 3.8) is 0 Å². The second-order valence-electron chi connectivity index (χ2n) is 5.82. The maximum Gasteiger partial charge on any atom is 0.232 e. The molecule has 1 N–H and O–H groups in total. The molecule has 2 aliphatic carbocycles. The number of nitrogens with zero attached hydrogens (tertiary/aromatic N) is 2. The third kappa shape index (κ3) is 4.16. The maximum absolute atomic E-state index is 5.81. The zero-order chi connectivity index (χ0) is 12.9. The quantitative estimate of drug-likeness (QED) is 0.855.